The number of anilines is 1. The molecule has 0 aliphatic heterocycles. The van der Waals surface area contributed by atoms with Gasteiger partial charge in [-0.15, -0.1) is 0 Å². The summed E-state index contributed by atoms with van der Waals surface area (Å²) in [5.41, 5.74) is 0.160. The van der Waals surface area contributed by atoms with Crippen LogP contribution in [0.3, 0.4) is 0 Å². The summed E-state index contributed by atoms with van der Waals surface area (Å²) in [7, 11) is 0. The van der Waals surface area contributed by atoms with Gasteiger partial charge in [-0.1, -0.05) is 6.07 Å². The maximum Gasteiger partial charge on any atom is 0.291 e. The Labute approximate surface area is 133 Å². The summed E-state index contributed by atoms with van der Waals surface area (Å²) in [6.45, 7) is 0.245. The highest BCUT2D eigenvalue weighted by atomic mass is 16.3. The van der Waals surface area contributed by atoms with E-state index < -0.39 is 5.60 Å². The first-order chi connectivity index (χ1) is 11.1. The SMILES string of the molecule is O=C(NCC1(O)CCC1)c1cccc(NC(=O)c2ccco2)c1. The lowest BCUT2D eigenvalue weighted by atomic mass is 9.80. The number of aliphatic hydroxyl groups is 1. The fourth-order valence-electron chi connectivity index (χ4n) is 2.45. The molecule has 1 aromatic carbocycles. The lowest BCUT2D eigenvalue weighted by molar-refractivity contribution is -0.0300. The minimum atomic E-state index is -0.763. The fraction of sp³-hybridized carbons (Fsp3) is 0.294. The molecule has 1 fully saturated rings. The number of hydrogen-bond acceptors (Lipinski definition) is 4. The van der Waals surface area contributed by atoms with Gasteiger partial charge in [-0.2, -0.15) is 0 Å². The van der Waals surface area contributed by atoms with Crippen LogP contribution in [0.15, 0.2) is 47.1 Å². The molecule has 1 saturated carbocycles. The van der Waals surface area contributed by atoms with Crippen LogP contribution < -0.4 is 10.6 Å². The molecule has 0 bridgehead atoms. The van der Waals surface area contributed by atoms with Crippen molar-refractivity contribution in [1.82, 2.24) is 5.32 Å². The predicted molar refractivity (Wildman–Crippen MR) is 84.2 cm³/mol. The van der Waals surface area contributed by atoms with Crippen LogP contribution in [0.2, 0.25) is 0 Å². The van der Waals surface area contributed by atoms with Crippen LogP contribution in [0.5, 0.6) is 0 Å². The highest BCUT2D eigenvalue weighted by Gasteiger charge is 2.34. The molecule has 120 valence electrons. The molecule has 0 atom stereocenters. The molecule has 1 aromatic heterocycles. The number of hydrogen-bond donors (Lipinski definition) is 3. The Bertz CT molecular complexity index is 705. The summed E-state index contributed by atoms with van der Waals surface area (Å²) in [5, 5.41) is 15.4. The molecule has 2 amide bonds. The van der Waals surface area contributed by atoms with Crippen molar-refractivity contribution >= 4 is 17.5 Å². The van der Waals surface area contributed by atoms with E-state index in [1.807, 2.05) is 0 Å². The van der Waals surface area contributed by atoms with Crippen molar-refractivity contribution in [3.8, 4) is 0 Å². The van der Waals surface area contributed by atoms with Gasteiger partial charge in [0.05, 0.1) is 11.9 Å². The van der Waals surface area contributed by atoms with Crippen molar-refractivity contribution in [2.45, 2.75) is 24.9 Å². The van der Waals surface area contributed by atoms with Crippen molar-refractivity contribution in [3.05, 3.63) is 54.0 Å². The van der Waals surface area contributed by atoms with E-state index in [1.54, 1.807) is 36.4 Å². The molecule has 0 unspecified atom stereocenters. The highest BCUT2D eigenvalue weighted by Crippen LogP contribution is 2.30. The monoisotopic (exact) mass is 314 g/mol. The molecule has 23 heavy (non-hydrogen) atoms. The van der Waals surface area contributed by atoms with Crippen molar-refractivity contribution in [2.75, 3.05) is 11.9 Å². The van der Waals surface area contributed by atoms with Crippen molar-refractivity contribution in [1.29, 1.82) is 0 Å². The number of benzene rings is 1. The van der Waals surface area contributed by atoms with E-state index in [2.05, 4.69) is 10.6 Å². The van der Waals surface area contributed by atoms with Crippen LogP contribution >= 0.6 is 0 Å². The number of carbonyl (C=O) groups excluding carboxylic acids is 2. The first kappa shape index (κ1) is 15.3. The van der Waals surface area contributed by atoms with E-state index in [-0.39, 0.29) is 24.1 Å². The number of nitrogens with one attached hydrogen (secondary N) is 2. The van der Waals surface area contributed by atoms with Gasteiger partial charge in [-0.3, -0.25) is 9.59 Å². The van der Waals surface area contributed by atoms with Crippen LogP contribution in [0.1, 0.15) is 40.2 Å². The molecule has 0 spiro atoms. The van der Waals surface area contributed by atoms with Gasteiger partial charge in [0.25, 0.3) is 11.8 Å². The Morgan fingerprint density at radius 3 is 2.65 bits per heavy atom. The Morgan fingerprint density at radius 1 is 1.17 bits per heavy atom. The van der Waals surface area contributed by atoms with Crippen molar-refractivity contribution in [3.63, 3.8) is 0 Å². The maximum absolute atomic E-state index is 12.1. The summed E-state index contributed by atoms with van der Waals surface area (Å²) in [6, 6.07) is 9.81. The van der Waals surface area contributed by atoms with Gasteiger partial charge >= 0.3 is 0 Å². The normalized spacial score (nSPS) is 15.5. The molecular formula is C17H18N2O4. The quantitative estimate of drug-likeness (QED) is 0.789. The minimum absolute atomic E-state index is 0.201. The summed E-state index contributed by atoms with van der Waals surface area (Å²) >= 11 is 0. The largest absolute Gasteiger partial charge is 0.459 e. The average Bonchev–Trinajstić information content (AvgIpc) is 3.05. The second-order valence-electron chi connectivity index (χ2n) is 5.77. The lowest BCUT2D eigenvalue weighted by Gasteiger charge is -2.36. The van der Waals surface area contributed by atoms with Gasteiger partial charge in [-0.25, -0.2) is 0 Å². The molecule has 1 aliphatic rings. The number of rotatable bonds is 5. The van der Waals surface area contributed by atoms with E-state index in [0.29, 0.717) is 24.1 Å². The van der Waals surface area contributed by atoms with Crippen LogP contribution in [0.25, 0.3) is 0 Å². The van der Waals surface area contributed by atoms with E-state index in [9.17, 15) is 14.7 Å². The van der Waals surface area contributed by atoms with Crippen LogP contribution in [0.4, 0.5) is 5.69 Å². The number of carbonyl (C=O) groups is 2. The first-order valence-electron chi connectivity index (χ1n) is 7.51. The van der Waals surface area contributed by atoms with Gasteiger partial charge in [0.1, 0.15) is 0 Å². The van der Waals surface area contributed by atoms with E-state index >= 15 is 0 Å². The Hall–Kier alpha value is -2.60. The summed E-state index contributed by atoms with van der Waals surface area (Å²) in [6.07, 6.45) is 3.84. The lowest BCUT2D eigenvalue weighted by Crippen LogP contribution is -2.47. The molecule has 3 N–H and O–H groups in total. The Morgan fingerprint density at radius 2 is 2.00 bits per heavy atom. The number of amides is 2. The summed E-state index contributed by atoms with van der Waals surface area (Å²) in [4.78, 5) is 24.1. The van der Waals surface area contributed by atoms with Crippen molar-refractivity contribution < 1.29 is 19.1 Å². The molecule has 6 heteroatoms. The molecule has 3 rings (SSSR count). The van der Waals surface area contributed by atoms with Crippen molar-refractivity contribution in [2.24, 2.45) is 0 Å². The third-order valence-electron chi connectivity index (χ3n) is 3.99. The Balaban J connectivity index is 1.62. The van der Waals surface area contributed by atoms with E-state index in [1.165, 1.54) is 6.26 Å². The van der Waals surface area contributed by atoms with Crippen LogP contribution in [-0.4, -0.2) is 29.1 Å². The molecule has 6 nitrogen and oxygen atoms in total. The summed E-state index contributed by atoms with van der Waals surface area (Å²) in [5.74, 6) is -0.456. The van der Waals surface area contributed by atoms with Gasteiger partial charge in [0, 0.05) is 17.8 Å². The van der Waals surface area contributed by atoms with Crippen LogP contribution in [0, 0.1) is 0 Å². The zero-order valence-corrected chi connectivity index (χ0v) is 12.5. The van der Waals surface area contributed by atoms with Gasteiger partial charge < -0.3 is 20.2 Å². The number of furan rings is 1. The molecule has 2 aromatic rings. The summed E-state index contributed by atoms with van der Waals surface area (Å²) < 4.78 is 5.02. The zero-order chi connectivity index (χ0) is 16.3. The average molecular weight is 314 g/mol. The fourth-order valence-corrected chi connectivity index (χ4v) is 2.45. The molecule has 1 aliphatic carbocycles. The minimum Gasteiger partial charge on any atom is -0.459 e. The van der Waals surface area contributed by atoms with Gasteiger partial charge in [-0.05, 0) is 49.6 Å². The van der Waals surface area contributed by atoms with Gasteiger partial charge in [0.2, 0.25) is 0 Å². The maximum atomic E-state index is 12.1. The second kappa shape index (κ2) is 6.26. The smallest absolute Gasteiger partial charge is 0.291 e. The standard InChI is InChI=1S/C17H18N2O4/c20-15(18-11-17(22)7-3-8-17)12-4-1-5-13(10-12)19-16(21)14-6-2-9-23-14/h1-2,4-6,9-10,22H,3,7-8,11H2,(H,18,20)(H,19,21). The zero-order valence-electron chi connectivity index (χ0n) is 12.5. The molecule has 0 radical (unpaired) electrons. The molecular weight excluding hydrogens is 296 g/mol. The highest BCUT2D eigenvalue weighted by molar-refractivity contribution is 6.03. The molecule has 0 saturated heterocycles. The third kappa shape index (κ3) is 3.60. The van der Waals surface area contributed by atoms with Crippen LogP contribution in [-0.2, 0) is 0 Å². The topological polar surface area (TPSA) is 91.6 Å². The van der Waals surface area contributed by atoms with E-state index in [0.717, 1.165) is 6.42 Å². The third-order valence-corrected chi connectivity index (χ3v) is 3.99. The predicted octanol–water partition coefficient (Wildman–Crippen LogP) is 2.18. The second-order valence-corrected chi connectivity index (χ2v) is 5.77. The van der Waals surface area contributed by atoms with E-state index in [4.69, 9.17) is 4.42 Å². The molecule has 1 heterocycles. The Kier molecular flexibility index (Phi) is 4.16. The van der Waals surface area contributed by atoms with Gasteiger partial charge in [0.15, 0.2) is 5.76 Å². The first-order valence-corrected chi connectivity index (χ1v) is 7.51.